The molecule has 0 unspecified atom stereocenters. The van der Waals surface area contributed by atoms with Crippen LogP contribution in [0.4, 0.5) is 16.2 Å². The molecule has 1 saturated heterocycles. The molecule has 0 bridgehead atoms. The van der Waals surface area contributed by atoms with E-state index in [1.807, 2.05) is 6.07 Å². The molecule has 0 spiro atoms. The van der Waals surface area contributed by atoms with Crippen molar-refractivity contribution in [3.8, 4) is 5.95 Å². The number of hydrogen-bond acceptors (Lipinski definition) is 8. The smallest absolute Gasteiger partial charge is 0.239 e. The highest BCUT2D eigenvalue weighted by Gasteiger charge is 2.53. The van der Waals surface area contributed by atoms with Gasteiger partial charge in [-0.1, -0.05) is 6.07 Å². The zero-order valence-electron chi connectivity index (χ0n) is 18.3. The first-order chi connectivity index (χ1) is 15.2. The van der Waals surface area contributed by atoms with Crippen molar-refractivity contribution in [1.29, 1.82) is 4.78 Å². The fourth-order valence-corrected chi connectivity index (χ4v) is 5.75. The summed E-state index contributed by atoms with van der Waals surface area (Å²) in [5, 5.41) is 3.00. The Balaban J connectivity index is 1.76. The molecule has 5 rings (SSSR count). The number of nitrogens with zero attached hydrogens (tertiary/aromatic N) is 5. The van der Waals surface area contributed by atoms with Crippen molar-refractivity contribution in [1.82, 2.24) is 19.5 Å². The summed E-state index contributed by atoms with van der Waals surface area (Å²) in [6.07, 6.45) is 2.75. The Morgan fingerprint density at radius 1 is 1.31 bits per heavy atom. The van der Waals surface area contributed by atoms with Crippen LogP contribution in [-0.4, -0.2) is 62.8 Å². The summed E-state index contributed by atoms with van der Waals surface area (Å²) in [6, 6.07) is 6.70. The molecule has 9 nitrogen and oxygen atoms in total. The van der Waals surface area contributed by atoms with Crippen molar-refractivity contribution < 1.29 is 13.3 Å². The van der Waals surface area contributed by atoms with Crippen molar-refractivity contribution >= 4 is 32.5 Å². The van der Waals surface area contributed by atoms with Crippen LogP contribution >= 0.6 is 0 Å². The maximum atomic E-state index is 14.5. The zero-order chi connectivity index (χ0) is 22.7. The fraction of sp³-hybridized carbons (Fsp3) is 0.476. The lowest BCUT2D eigenvalue weighted by Gasteiger charge is -2.34. The molecule has 1 saturated carbocycles. The van der Waals surface area contributed by atoms with Gasteiger partial charge in [-0.05, 0) is 31.9 Å². The number of nitrogens with one attached hydrogen (secondary N) is 2. The van der Waals surface area contributed by atoms with E-state index in [1.165, 1.54) is 12.3 Å². The van der Waals surface area contributed by atoms with Gasteiger partial charge in [-0.15, -0.1) is 0 Å². The predicted molar refractivity (Wildman–Crippen MR) is 121 cm³/mol. The highest BCUT2D eigenvalue weighted by Crippen LogP contribution is 2.52. The van der Waals surface area contributed by atoms with E-state index in [1.54, 1.807) is 23.7 Å². The van der Waals surface area contributed by atoms with Crippen LogP contribution < -0.4 is 10.2 Å². The maximum Gasteiger partial charge on any atom is 0.239 e. The van der Waals surface area contributed by atoms with E-state index in [0.29, 0.717) is 61.5 Å². The zero-order valence-corrected chi connectivity index (χ0v) is 19.1. The number of hydrogen-bond donors (Lipinski definition) is 2. The van der Waals surface area contributed by atoms with E-state index >= 15 is 0 Å². The second-order valence-corrected chi connectivity index (χ2v) is 11.0. The first-order valence-electron chi connectivity index (χ1n) is 10.6. The Bertz CT molecular complexity index is 1300. The number of benzene rings is 1. The van der Waals surface area contributed by atoms with Gasteiger partial charge in [-0.3, -0.25) is 4.78 Å². The number of aromatic nitrogens is 4. The van der Waals surface area contributed by atoms with E-state index in [4.69, 9.17) is 19.5 Å². The van der Waals surface area contributed by atoms with Gasteiger partial charge in [0.25, 0.3) is 0 Å². The van der Waals surface area contributed by atoms with Gasteiger partial charge >= 0.3 is 0 Å². The van der Waals surface area contributed by atoms with Gasteiger partial charge in [0.1, 0.15) is 11.3 Å². The van der Waals surface area contributed by atoms with Crippen molar-refractivity contribution in [2.24, 2.45) is 0 Å². The van der Waals surface area contributed by atoms with Crippen LogP contribution in [0.25, 0.3) is 17.0 Å². The molecule has 2 atom stereocenters. The summed E-state index contributed by atoms with van der Waals surface area (Å²) in [5.41, 5.74) is 1.33. The van der Waals surface area contributed by atoms with E-state index in [-0.39, 0.29) is 11.6 Å². The Morgan fingerprint density at radius 3 is 2.75 bits per heavy atom. The molecule has 1 aliphatic carbocycles. The van der Waals surface area contributed by atoms with Crippen molar-refractivity contribution in [3.63, 3.8) is 0 Å². The third kappa shape index (κ3) is 3.22. The normalized spacial score (nSPS) is 22.0. The average Bonchev–Trinajstić information content (AvgIpc) is 3.50. The number of halogens is 1. The Labute approximate surface area is 186 Å². The quantitative estimate of drug-likeness (QED) is 0.604. The maximum absolute atomic E-state index is 14.5. The Morgan fingerprint density at radius 2 is 2.09 bits per heavy atom. The minimum absolute atomic E-state index is 0.0947. The van der Waals surface area contributed by atoms with Gasteiger partial charge in [-0.25, -0.2) is 23.1 Å². The van der Waals surface area contributed by atoms with Crippen LogP contribution in [0.5, 0.6) is 0 Å². The summed E-state index contributed by atoms with van der Waals surface area (Å²) in [6.45, 7) is 3.87. The summed E-state index contributed by atoms with van der Waals surface area (Å²) in [5.74, 6) is 0.952. The summed E-state index contributed by atoms with van der Waals surface area (Å²) < 4.78 is 42.1. The molecule has 2 fully saturated rings. The number of fused-ring (bicyclic) bond motifs is 1. The summed E-state index contributed by atoms with van der Waals surface area (Å²) in [7, 11) is -1.19. The van der Waals surface area contributed by atoms with Crippen molar-refractivity contribution in [2.45, 2.75) is 30.6 Å². The number of morpholine rings is 1. The number of rotatable bonds is 5. The molecule has 2 aliphatic rings. The van der Waals surface area contributed by atoms with Gasteiger partial charge in [0.2, 0.25) is 11.9 Å². The Hall–Kier alpha value is -2.79. The average molecular weight is 460 g/mol. The van der Waals surface area contributed by atoms with Crippen LogP contribution in [0, 0.1) is 10.6 Å². The molecule has 11 heteroatoms. The number of ether oxygens (including phenoxy) is 1. The first-order valence-corrected chi connectivity index (χ1v) is 12.5. The van der Waals surface area contributed by atoms with Gasteiger partial charge in [0.15, 0.2) is 5.82 Å². The molecule has 3 aromatic rings. The lowest BCUT2D eigenvalue weighted by Crippen LogP contribution is -2.44. The van der Waals surface area contributed by atoms with Crippen molar-refractivity contribution in [3.05, 3.63) is 35.8 Å². The number of para-hydroxylation sites is 1. The van der Waals surface area contributed by atoms with E-state index in [9.17, 15) is 8.60 Å². The van der Waals surface area contributed by atoms with Crippen LogP contribution in [0.2, 0.25) is 0 Å². The Kier molecular flexibility index (Phi) is 4.86. The van der Waals surface area contributed by atoms with E-state index in [0.717, 1.165) is 0 Å². The van der Waals surface area contributed by atoms with E-state index in [2.05, 4.69) is 22.1 Å². The van der Waals surface area contributed by atoms with Gasteiger partial charge in [0, 0.05) is 25.9 Å². The number of anilines is 2. The highest BCUT2D eigenvalue weighted by molar-refractivity contribution is 7.92. The molecular weight excluding hydrogens is 433 g/mol. The lowest BCUT2D eigenvalue weighted by atomic mass is 10.2. The topological polar surface area (TPSA) is 109 Å². The van der Waals surface area contributed by atoms with Gasteiger partial charge in [0.05, 0.1) is 44.9 Å². The predicted octanol–water partition coefficient (Wildman–Crippen LogP) is 2.89. The number of imidazole rings is 1. The molecule has 1 aliphatic heterocycles. The monoisotopic (exact) mass is 459 g/mol. The summed E-state index contributed by atoms with van der Waals surface area (Å²) >= 11 is 0. The molecule has 1 aromatic carbocycles. The molecule has 0 radical (unpaired) electrons. The van der Waals surface area contributed by atoms with Crippen LogP contribution in [0.3, 0.4) is 0 Å². The van der Waals surface area contributed by atoms with Crippen molar-refractivity contribution in [2.75, 3.05) is 43.3 Å². The molecule has 2 aromatic heterocycles. The molecule has 2 N–H and O–H groups in total. The molecule has 32 heavy (non-hydrogen) atoms. The van der Waals surface area contributed by atoms with Crippen LogP contribution in [-0.2, 0) is 19.2 Å². The van der Waals surface area contributed by atoms with Gasteiger partial charge < -0.3 is 15.0 Å². The standard InChI is InChI=1S/C21H26FN7O2S/c1-13-12-31-10-9-28(13)17-11-16(21(7-8-21)32(3,23)30)25-20(26-17)29-15-6-4-5-14(22)18(15)27-19(29)24-2/h4-6,11,13,23H,7-10,12H2,1-3H3,(H,24,27)/t13-,32-/m1/s1. The van der Waals surface area contributed by atoms with Crippen LogP contribution in [0.1, 0.15) is 25.5 Å². The second-order valence-electron chi connectivity index (χ2n) is 8.50. The van der Waals surface area contributed by atoms with Crippen LogP contribution in [0.15, 0.2) is 24.3 Å². The SMILES string of the molecule is CNc1nc2c(F)cccc2n1-c1nc(N2CCOC[C@H]2C)cc(C2([S@](C)(=N)=O)CC2)n1. The third-order valence-corrected chi connectivity index (χ3v) is 8.45. The second kappa shape index (κ2) is 7.38. The minimum atomic E-state index is -2.89. The van der Waals surface area contributed by atoms with Gasteiger partial charge in [-0.2, -0.15) is 4.98 Å². The molecule has 3 heterocycles. The highest BCUT2D eigenvalue weighted by atomic mass is 32.2. The molecular formula is C21H26FN7O2S. The third-order valence-electron chi connectivity index (χ3n) is 6.34. The summed E-state index contributed by atoms with van der Waals surface area (Å²) in [4.78, 5) is 16.1. The largest absolute Gasteiger partial charge is 0.377 e. The van der Waals surface area contributed by atoms with E-state index < -0.39 is 20.3 Å². The fourth-order valence-electron chi connectivity index (χ4n) is 4.36. The minimum Gasteiger partial charge on any atom is -0.377 e. The lowest BCUT2D eigenvalue weighted by molar-refractivity contribution is 0.0985. The molecule has 170 valence electrons. The first kappa shape index (κ1) is 21.1. The molecule has 0 amide bonds.